The lowest BCUT2D eigenvalue weighted by Crippen LogP contribution is -2.40. The number of hydrogen-bond donors (Lipinski definition) is 2. The fourth-order valence-electron chi connectivity index (χ4n) is 3.37. The normalized spacial score (nSPS) is 17.0. The molecule has 1 saturated carbocycles. The average Bonchev–Trinajstić information content (AvgIpc) is 2.72. The van der Waals surface area contributed by atoms with Gasteiger partial charge < -0.3 is 10.6 Å². The van der Waals surface area contributed by atoms with Crippen molar-refractivity contribution in [1.82, 2.24) is 20.4 Å². The summed E-state index contributed by atoms with van der Waals surface area (Å²) in [5, 5.41) is 11.3. The summed E-state index contributed by atoms with van der Waals surface area (Å²) < 4.78 is 1.96. The SMILES string of the molecule is CCNC(=NCC1(CC)CCC1)NCCc1c(C)nn(C)c1C. The first kappa shape index (κ1) is 17.8. The molecule has 0 aromatic carbocycles. The molecule has 0 radical (unpaired) electrons. The average molecular weight is 319 g/mol. The molecule has 2 N–H and O–H groups in total. The van der Waals surface area contributed by atoms with Gasteiger partial charge in [-0.3, -0.25) is 9.67 Å². The summed E-state index contributed by atoms with van der Waals surface area (Å²) in [5.74, 6) is 0.950. The second-order valence-corrected chi connectivity index (χ2v) is 6.85. The lowest BCUT2D eigenvalue weighted by atomic mass is 9.67. The second kappa shape index (κ2) is 7.84. The lowest BCUT2D eigenvalue weighted by molar-refractivity contribution is 0.139. The van der Waals surface area contributed by atoms with Crippen LogP contribution in [-0.4, -0.2) is 35.4 Å². The summed E-state index contributed by atoms with van der Waals surface area (Å²) >= 11 is 0. The van der Waals surface area contributed by atoms with Gasteiger partial charge in [0.25, 0.3) is 0 Å². The Labute approximate surface area is 141 Å². The third kappa shape index (κ3) is 4.27. The zero-order chi connectivity index (χ0) is 16.9. The maximum atomic E-state index is 4.83. The number of guanidine groups is 1. The van der Waals surface area contributed by atoms with Crippen LogP contribution in [0.3, 0.4) is 0 Å². The van der Waals surface area contributed by atoms with Gasteiger partial charge in [-0.15, -0.1) is 0 Å². The van der Waals surface area contributed by atoms with E-state index >= 15 is 0 Å². The van der Waals surface area contributed by atoms with Crippen LogP contribution in [0.4, 0.5) is 0 Å². The van der Waals surface area contributed by atoms with E-state index in [4.69, 9.17) is 4.99 Å². The molecule has 2 rings (SSSR count). The molecule has 5 heteroatoms. The van der Waals surface area contributed by atoms with E-state index in [1.165, 1.54) is 36.9 Å². The first-order valence-electron chi connectivity index (χ1n) is 9.02. The summed E-state index contributed by atoms with van der Waals surface area (Å²) in [4.78, 5) is 4.83. The van der Waals surface area contributed by atoms with Gasteiger partial charge in [-0.2, -0.15) is 5.10 Å². The number of aromatic nitrogens is 2. The first-order valence-corrected chi connectivity index (χ1v) is 9.02. The van der Waals surface area contributed by atoms with Crippen LogP contribution in [0.1, 0.15) is 56.5 Å². The van der Waals surface area contributed by atoms with Crippen LogP contribution in [0, 0.1) is 19.3 Å². The monoisotopic (exact) mass is 319 g/mol. The molecule has 1 aromatic rings. The van der Waals surface area contributed by atoms with Gasteiger partial charge >= 0.3 is 0 Å². The minimum absolute atomic E-state index is 0.471. The molecular formula is C18H33N5. The minimum atomic E-state index is 0.471. The van der Waals surface area contributed by atoms with Gasteiger partial charge in [0.1, 0.15) is 0 Å². The summed E-state index contributed by atoms with van der Waals surface area (Å²) in [6, 6.07) is 0. The van der Waals surface area contributed by atoms with E-state index in [1.807, 2.05) is 11.7 Å². The molecule has 1 aromatic heterocycles. The summed E-state index contributed by atoms with van der Waals surface area (Å²) in [6.07, 6.45) is 6.26. The number of aliphatic imine (C=N–C) groups is 1. The van der Waals surface area contributed by atoms with Crippen molar-refractivity contribution < 1.29 is 0 Å². The van der Waals surface area contributed by atoms with Crippen LogP contribution >= 0.6 is 0 Å². The number of hydrogen-bond acceptors (Lipinski definition) is 2. The highest BCUT2D eigenvalue weighted by Gasteiger charge is 2.34. The van der Waals surface area contributed by atoms with Crippen LogP contribution in [0.15, 0.2) is 4.99 Å². The molecule has 130 valence electrons. The van der Waals surface area contributed by atoms with Crippen molar-refractivity contribution in [1.29, 1.82) is 0 Å². The third-order valence-electron chi connectivity index (χ3n) is 5.41. The highest BCUT2D eigenvalue weighted by atomic mass is 15.3. The Kier molecular flexibility index (Phi) is 6.08. The van der Waals surface area contributed by atoms with Crippen LogP contribution in [0.25, 0.3) is 0 Å². The summed E-state index contributed by atoms with van der Waals surface area (Å²) in [7, 11) is 2.01. The Morgan fingerprint density at radius 1 is 1.26 bits per heavy atom. The predicted molar refractivity (Wildman–Crippen MR) is 96.9 cm³/mol. The highest BCUT2D eigenvalue weighted by Crippen LogP contribution is 2.43. The predicted octanol–water partition coefficient (Wildman–Crippen LogP) is 2.71. The Balaban J connectivity index is 1.89. The van der Waals surface area contributed by atoms with E-state index < -0.39 is 0 Å². The molecule has 1 fully saturated rings. The topological polar surface area (TPSA) is 54.2 Å². The molecule has 0 bridgehead atoms. The van der Waals surface area contributed by atoms with Gasteiger partial charge in [0.2, 0.25) is 0 Å². The van der Waals surface area contributed by atoms with Gasteiger partial charge in [-0.1, -0.05) is 13.3 Å². The smallest absolute Gasteiger partial charge is 0.191 e. The molecule has 1 aliphatic carbocycles. The Morgan fingerprint density at radius 3 is 2.48 bits per heavy atom. The largest absolute Gasteiger partial charge is 0.357 e. The lowest BCUT2D eigenvalue weighted by Gasteiger charge is -2.40. The fraction of sp³-hybridized carbons (Fsp3) is 0.778. The van der Waals surface area contributed by atoms with Crippen LogP contribution in [-0.2, 0) is 13.5 Å². The van der Waals surface area contributed by atoms with Gasteiger partial charge in [0.15, 0.2) is 5.96 Å². The zero-order valence-electron chi connectivity index (χ0n) is 15.5. The van der Waals surface area contributed by atoms with Crippen molar-refractivity contribution in [3.8, 4) is 0 Å². The quantitative estimate of drug-likeness (QED) is 0.600. The molecule has 5 nitrogen and oxygen atoms in total. The number of nitrogens with zero attached hydrogens (tertiary/aromatic N) is 3. The first-order chi connectivity index (χ1) is 11.0. The van der Waals surface area contributed by atoms with Crippen molar-refractivity contribution in [3.05, 3.63) is 17.0 Å². The summed E-state index contributed by atoms with van der Waals surface area (Å²) in [5.41, 5.74) is 4.21. The van der Waals surface area contributed by atoms with Gasteiger partial charge in [-0.25, -0.2) is 0 Å². The van der Waals surface area contributed by atoms with Crippen molar-refractivity contribution in [2.24, 2.45) is 17.5 Å². The van der Waals surface area contributed by atoms with Gasteiger partial charge in [0, 0.05) is 32.4 Å². The van der Waals surface area contributed by atoms with E-state index in [0.29, 0.717) is 5.41 Å². The van der Waals surface area contributed by atoms with E-state index in [1.54, 1.807) is 0 Å². The summed E-state index contributed by atoms with van der Waals surface area (Å²) in [6.45, 7) is 11.4. The number of rotatable bonds is 7. The molecule has 1 aliphatic rings. The van der Waals surface area contributed by atoms with E-state index in [9.17, 15) is 0 Å². The van der Waals surface area contributed by atoms with E-state index in [-0.39, 0.29) is 0 Å². The highest BCUT2D eigenvalue weighted by molar-refractivity contribution is 5.79. The molecule has 0 saturated heterocycles. The van der Waals surface area contributed by atoms with Crippen molar-refractivity contribution in [3.63, 3.8) is 0 Å². The standard InChI is InChI=1S/C18H33N5/c1-6-18(10-8-11-18)13-21-17(19-7-2)20-12-9-16-14(3)22-23(5)15(16)4/h6-13H2,1-5H3,(H2,19,20,21). The van der Waals surface area contributed by atoms with Gasteiger partial charge in [-0.05, 0) is 57.4 Å². The van der Waals surface area contributed by atoms with Crippen molar-refractivity contribution in [2.75, 3.05) is 19.6 Å². The Hall–Kier alpha value is -1.52. The van der Waals surface area contributed by atoms with Crippen LogP contribution in [0.2, 0.25) is 0 Å². The molecule has 0 unspecified atom stereocenters. The molecule has 23 heavy (non-hydrogen) atoms. The zero-order valence-corrected chi connectivity index (χ0v) is 15.5. The second-order valence-electron chi connectivity index (χ2n) is 6.85. The maximum absolute atomic E-state index is 4.83. The van der Waals surface area contributed by atoms with Crippen molar-refractivity contribution >= 4 is 5.96 Å². The molecule has 0 spiro atoms. The molecule has 1 heterocycles. The minimum Gasteiger partial charge on any atom is -0.357 e. The number of aryl methyl sites for hydroxylation is 2. The molecule has 0 amide bonds. The fourth-order valence-corrected chi connectivity index (χ4v) is 3.37. The van der Waals surface area contributed by atoms with Crippen LogP contribution in [0.5, 0.6) is 0 Å². The Bertz CT molecular complexity index is 534. The molecular weight excluding hydrogens is 286 g/mol. The number of nitrogens with one attached hydrogen (secondary N) is 2. The van der Waals surface area contributed by atoms with E-state index in [2.05, 4.69) is 43.4 Å². The van der Waals surface area contributed by atoms with Gasteiger partial charge in [0.05, 0.1) is 5.69 Å². The van der Waals surface area contributed by atoms with E-state index in [0.717, 1.165) is 37.7 Å². The van der Waals surface area contributed by atoms with Crippen molar-refractivity contribution in [2.45, 2.75) is 59.8 Å². The Morgan fingerprint density at radius 2 is 2.00 bits per heavy atom. The van der Waals surface area contributed by atoms with Crippen LogP contribution < -0.4 is 10.6 Å². The molecule has 0 aliphatic heterocycles. The molecule has 0 atom stereocenters. The third-order valence-corrected chi connectivity index (χ3v) is 5.41. The maximum Gasteiger partial charge on any atom is 0.191 e.